The highest BCUT2D eigenvalue weighted by Gasteiger charge is 2.15. The lowest BCUT2D eigenvalue weighted by molar-refractivity contribution is 0.0978. The lowest BCUT2D eigenvalue weighted by Crippen LogP contribution is -2.02. The number of hydrogen-bond acceptors (Lipinski definition) is 2. The molecular formula is C24H20Cl2N2O. The maximum Gasteiger partial charge on any atom is 0.162 e. The van der Waals surface area contributed by atoms with Crippen LogP contribution in [0.15, 0.2) is 66.7 Å². The van der Waals surface area contributed by atoms with Crippen LogP contribution in [0.1, 0.15) is 41.6 Å². The Bertz CT molecular complexity index is 1150. The van der Waals surface area contributed by atoms with E-state index >= 15 is 0 Å². The summed E-state index contributed by atoms with van der Waals surface area (Å²) in [4.78, 5) is 20.6. The number of ketones is 1. The van der Waals surface area contributed by atoms with E-state index in [1.165, 1.54) is 5.56 Å². The molecule has 29 heavy (non-hydrogen) atoms. The van der Waals surface area contributed by atoms with Gasteiger partial charge in [-0.25, -0.2) is 4.98 Å². The molecule has 5 heteroatoms. The molecule has 0 bridgehead atoms. The highest BCUT2D eigenvalue weighted by molar-refractivity contribution is 6.39. The van der Waals surface area contributed by atoms with Crippen molar-refractivity contribution in [3.8, 4) is 11.4 Å². The Kier molecular flexibility index (Phi) is 5.70. The molecule has 0 radical (unpaired) electrons. The van der Waals surface area contributed by atoms with Crippen LogP contribution >= 0.6 is 23.2 Å². The zero-order chi connectivity index (χ0) is 20.4. The molecule has 1 N–H and O–H groups in total. The summed E-state index contributed by atoms with van der Waals surface area (Å²) < 4.78 is 0. The Morgan fingerprint density at radius 2 is 1.72 bits per heavy atom. The number of carbonyl (C=O) groups is 1. The predicted molar refractivity (Wildman–Crippen MR) is 120 cm³/mol. The van der Waals surface area contributed by atoms with Crippen LogP contribution in [0.2, 0.25) is 10.0 Å². The van der Waals surface area contributed by atoms with Gasteiger partial charge < -0.3 is 4.98 Å². The van der Waals surface area contributed by atoms with Crippen LogP contribution in [-0.4, -0.2) is 15.8 Å². The fourth-order valence-corrected chi connectivity index (χ4v) is 4.04. The van der Waals surface area contributed by atoms with Crippen molar-refractivity contribution < 1.29 is 4.79 Å². The molecule has 0 unspecified atom stereocenters. The first-order chi connectivity index (χ1) is 14.0. The lowest BCUT2D eigenvalue weighted by atomic mass is 9.94. The zero-order valence-electron chi connectivity index (χ0n) is 16.0. The predicted octanol–water partition coefficient (Wildman–Crippen LogP) is 7.30. The monoisotopic (exact) mass is 422 g/mol. The second-order valence-corrected chi connectivity index (χ2v) is 8.00. The summed E-state index contributed by atoms with van der Waals surface area (Å²) in [7, 11) is 0. The number of rotatable bonds is 6. The van der Waals surface area contributed by atoms with Crippen LogP contribution in [0, 0.1) is 0 Å². The van der Waals surface area contributed by atoms with Gasteiger partial charge in [-0.05, 0) is 48.2 Å². The topological polar surface area (TPSA) is 45.8 Å². The summed E-state index contributed by atoms with van der Waals surface area (Å²) in [6.45, 7) is 2.15. The van der Waals surface area contributed by atoms with Crippen LogP contribution in [-0.2, 0) is 0 Å². The molecule has 1 aromatic heterocycles. The summed E-state index contributed by atoms with van der Waals surface area (Å²) in [5.74, 6) is 1.06. The average Bonchev–Trinajstić information content (AvgIpc) is 3.15. The minimum Gasteiger partial charge on any atom is -0.338 e. The van der Waals surface area contributed by atoms with Gasteiger partial charge in [0.15, 0.2) is 5.78 Å². The molecule has 4 aromatic rings. The van der Waals surface area contributed by atoms with Gasteiger partial charge in [-0.1, -0.05) is 66.5 Å². The van der Waals surface area contributed by atoms with Crippen molar-refractivity contribution in [2.45, 2.75) is 25.7 Å². The molecule has 1 heterocycles. The van der Waals surface area contributed by atoms with Gasteiger partial charge in [0.2, 0.25) is 0 Å². The van der Waals surface area contributed by atoms with Crippen LogP contribution in [0.4, 0.5) is 0 Å². The van der Waals surface area contributed by atoms with Crippen LogP contribution in [0.3, 0.4) is 0 Å². The Hall–Kier alpha value is -2.62. The number of fused-ring (bicyclic) bond motifs is 1. The second kappa shape index (κ2) is 8.40. The zero-order valence-corrected chi connectivity index (χ0v) is 17.5. The van der Waals surface area contributed by atoms with E-state index in [1.807, 2.05) is 36.4 Å². The quantitative estimate of drug-likeness (QED) is 0.331. The normalized spacial score (nSPS) is 12.2. The molecule has 0 aliphatic carbocycles. The number of benzene rings is 3. The molecule has 146 valence electrons. The first-order valence-electron chi connectivity index (χ1n) is 9.55. The summed E-state index contributed by atoms with van der Waals surface area (Å²) in [5, 5.41) is 1.06. The summed E-state index contributed by atoms with van der Waals surface area (Å²) in [6.07, 6.45) is 1.31. The first-order valence-corrected chi connectivity index (χ1v) is 10.3. The smallest absolute Gasteiger partial charge is 0.162 e. The summed E-state index contributed by atoms with van der Waals surface area (Å²) >= 11 is 12.6. The van der Waals surface area contributed by atoms with Crippen LogP contribution in [0.25, 0.3) is 22.4 Å². The number of Topliss-reactive ketones (excluding diaryl/α,β-unsaturated/α-hetero) is 1. The number of hydrogen-bond donors (Lipinski definition) is 1. The van der Waals surface area contributed by atoms with E-state index in [-0.39, 0.29) is 5.78 Å². The van der Waals surface area contributed by atoms with Gasteiger partial charge in [0.1, 0.15) is 5.82 Å². The van der Waals surface area contributed by atoms with E-state index in [2.05, 4.69) is 29.0 Å². The van der Waals surface area contributed by atoms with Crippen molar-refractivity contribution in [1.29, 1.82) is 0 Å². The third kappa shape index (κ3) is 4.21. The summed E-state index contributed by atoms with van der Waals surface area (Å²) in [5.41, 5.74) is 4.16. The van der Waals surface area contributed by atoms with Gasteiger partial charge in [0.25, 0.3) is 0 Å². The standard InChI is InChI=1S/C24H20Cl2N2O/c1-15(16-6-3-2-4-7-16)10-13-22(29)17-11-12-20-21(14-17)28-24(27-20)23-18(25)8-5-9-19(23)26/h2-9,11-12,14-15H,10,13H2,1H3,(H,27,28)/t15-/m0/s1. The molecule has 1 atom stereocenters. The van der Waals surface area contributed by atoms with Gasteiger partial charge in [-0.3, -0.25) is 4.79 Å². The minimum atomic E-state index is 0.126. The third-order valence-corrected chi connectivity index (χ3v) is 5.81. The Balaban J connectivity index is 1.54. The molecule has 4 rings (SSSR count). The number of H-pyrrole nitrogens is 1. The SMILES string of the molecule is C[C@@H](CCC(=O)c1ccc2nc(-c3c(Cl)cccc3Cl)[nH]c2c1)c1ccccc1. The van der Waals surface area contributed by atoms with Gasteiger partial charge in [0, 0.05) is 12.0 Å². The highest BCUT2D eigenvalue weighted by Crippen LogP contribution is 2.34. The lowest BCUT2D eigenvalue weighted by Gasteiger charge is -2.11. The van der Waals surface area contributed by atoms with E-state index in [4.69, 9.17) is 23.2 Å². The molecule has 0 aliphatic rings. The average molecular weight is 423 g/mol. The molecule has 0 spiro atoms. The summed E-state index contributed by atoms with van der Waals surface area (Å²) in [6, 6.07) is 21.2. The van der Waals surface area contributed by atoms with Crippen molar-refractivity contribution >= 4 is 40.0 Å². The second-order valence-electron chi connectivity index (χ2n) is 7.19. The van der Waals surface area contributed by atoms with Crippen molar-refractivity contribution in [1.82, 2.24) is 9.97 Å². The maximum absolute atomic E-state index is 12.7. The van der Waals surface area contributed by atoms with Gasteiger partial charge in [-0.15, -0.1) is 0 Å². The third-order valence-electron chi connectivity index (χ3n) is 5.18. The van der Waals surface area contributed by atoms with E-state index in [0.29, 0.717) is 39.3 Å². The van der Waals surface area contributed by atoms with E-state index in [0.717, 1.165) is 17.5 Å². The molecule has 0 saturated heterocycles. The first kappa shape index (κ1) is 19.7. The van der Waals surface area contributed by atoms with Gasteiger partial charge in [0.05, 0.1) is 26.6 Å². The van der Waals surface area contributed by atoms with E-state index < -0.39 is 0 Å². The fraction of sp³-hybridized carbons (Fsp3) is 0.167. The maximum atomic E-state index is 12.7. The van der Waals surface area contributed by atoms with Crippen LogP contribution < -0.4 is 0 Å². The number of nitrogens with zero attached hydrogens (tertiary/aromatic N) is 1. The largest absolute Gasteiger partial charge is 0.338 e. The molecule has 3 nitrogen and oxygen atoms in total. The van der Waals surface area contributed by atoms with Crippen molar-refractivity contribution in [3.05, 3.63) is 87.9 Å². The van der Waals surface area contributed by atoms with Gasteiger partial charge >= 0.3 is 0 Å². The van der Waals surface area contributed by atoms with Crippen molar-refractivity contribution in [2.75, 3.05) is 0 Å². The molecular weight excluding hydrogens is 403 g/mol. The minimum absolute atomic E-state index is 0.126. The van der Waals surface area contributed by atoms with E-state index in [1.54, 1.807) is 18.2 Å². The number of nitrogens with one attached hydrogen (secondary N) is 1. The van der Waals surface area contributed by atoms with Crippen molar-refractivity contribution in [2.24, 2.45) is 0 Å². The molecule has 3 aromatic carbocycles. The molecule has 0 fully saturated rings. The highest BCUT2D eigenvalue weighted by atomic mass is 35.5. The number of carbonyl (C=O) groups excluding carboxylic acids is 1. The number of imidazole rings is 1. The number of halogens is 2. The molecule has 0 amide bonds. The molecule has 0 aliphatic heterocycles. The molecule has 0 saturated carbocycles. The van der Waals surface area contributed by atoms with Gasteiger partial charge in [-0.2, -0.15) is 0 Å². The van der Waals surface area contributed by atoms with Crippen molar-refractivity contribution in [3.63, 3.8) is 0 Å². The number of aromatic nitrogens is 2. The van der Waals surface area contributed by atoms with Crippen LogP contribution in [0.5, 0.6) is 0 Å². The Morgan fingerprint density at radius 1 is 1.00 bits per heavy atom. The number of aromatic amines is 1. The Labute approximate surface area is 179 Å². The fourth-order valence-electron chi connectivity index (χ4n) is 3.47. The van der Waals surface area contributed by atoms with E-state index in [9.17, 15) is 4.79 Å². The Morgan fingerprint density at radius 3 is 2.45 bits per heavy atom.